The molecule has 0 bridgehead atoms. The molecule has 0 aliphatic carbocycles. The van der Waals surface area contributed by atoms with E-state index in [0.717, 1.165) is 0 Å². The molecule has 2 N–H and O–H groups in total. The van der Waals surface area contributed by atoms with Crippen molar-refractivity contribution >= 4 is 17.7 Å². The third-order valence-corrected chi connectivity index (χ3v) is 3.95. The summed E-state index contributed by atoms with van der Waals surface area (Å²) in [5.74, 6) is -0.205. The number of carboxylic acids is 1. The quantitative estimate of drug-likeness (QED) is 0.891. The Morgan fingerprint density at radius 1 is 1.47 bits per heavy atom. The number of thioether (sulfide) groups is 1. The van der Waals surface area contributed by atoms with E-state index in [1.165, 1.54) is 17.8 Å². The van der Waals surface area contributed by atoms with Crippen molar-refractivity contribution in [3.05, 3.63) is 29.8 Å². The minimum atomic E-state index is -2.90. The van der Waals surface area contributed by atoms with Gasteiger partial charge < -0.3 is 9.84 Å². The van der Waals surface area contributed by atoms with Crippen LogP contribution in [0.3, 0.4) is 0 Å². The average Bonchev–Trinajstić information content (AvgIpc) is 2.39. The molecule has 1 heterocycles. The number of carboxylic acid groups (broad SMARTS) is 1. The van der Waals surface area contributed by atoms with Gasteiger partial charge in [-0.15, -0.1) is 11.8 Å². The first-order valence-electron chi connectivity index (χ1n) is 5.72. The Hall–Kier alpha value is -1.34. The second-order valence-corrected chi connectivity index (χ2v) is 5.23. The largest absolute Gasteiger partial charge is 0.480 e. The molecule has 0 saturated carbocycles. The summed E-state index contributed by atoms with van der Waals surface area (Å²) in [5.41, 5.74) is 0.541. The smallest absolute Gasteiger partial charge is 0.387 e. The molecule has 0 amide bonds. The molecule has 19 heavy (non-hydrogen) atoms. The standard InChI is InChI=1S/C12H13F2NO3S/c13-12(14)18-9-4-2-1-3-7(9)10-15-8(11(16)17)5-6-19-10/h1-4,8,10,12,15H,5-6H2,(H,16,17). The van der Waals surface area contributed by atoms with E-state index in [1.54, 1.807) is 18.2 Å². The molecule has 104 valence electrons. The number of rotatable bonds is 4. The highest BCUT2D eigenvalue weighted by molar-refractivity contribution is 7.99. The molecule has 1 fully saturated rings. The zero-order valence-electron chi connectivity index (χ0n) is 9.88. The van der Waals surface area contributed by atoms with E-state index in [1.807, 2.05) is 0 Å². The number of hydrogen-bond acceptors (Lipinski definition) is 4. The maximum absolute atomic E-state index is 12.3. The number of para-hydroxylation sites is 1. The predicted molar refractivity (Wildman–Crippen MR) is 67.4 cm³/mol. The van der Waals surface area contributed by atoms with Crippen LogP contribution in [0.4, 0.5) is 8.78 Å². The van der Waals surface area contributed by atoms with E-state index in [9.17, 15) is 13.6 Å². The van der Waals surface area contributed by atoms with E-state index >= 15 is 0 Å². The van der Waals surface area contributed by atoms with Crippen LogP contribution in [0.25, 0.3) is 0 Å². The maximum atomic E-state index is 12.3. The summed E-state index contributed by atoms with van der Waals surface area (Å²) in [7, 11) is 0. The minimum absolute atomic E-state index is 0.0774. The molecule has 7 heteroatoms. The summed E-state index contributed by atoms with van der Waals surface area (Å²) >= 11 is 1.48. The normalized spacial score (nSPS) is 23.3. The lowest BCUT2D eigenvalue weighted by Crippen LogP contribution is -2.41. The molecule has 0 spiro atoms. The molecule has 1 aromatic carbocycles. The lowest BCUT2D eigenvalue weighted by Gasteiger charge is -2.29. The van der Waals surface area contributed by atoms with E-state index in [-0.39, 0.29) is 11.1 Å². The van der Waals surface area contributed by atoms with Gasteiger partial charge in [-0.2, -0.15) is 8.78 Å². The molecule has 2 rings (SSSR count). The Balaban J connectivity index is 2.18. The number of hydrogen-bond donors (Lipinski definition) is 2. The van der Waals surface area contributed by atoms with Crippen LogP contribution in [0, 0.1) is 0 Å². The van der Waals surface area contributed by atoms with Crippen molar-refractivity contribution in [3.63, 3.8) is 0 Å². The van der Waals surface area contributed by atoms with Gasteiger partial charge >= 0.3 is 12.6 Å². The Morgan fingerprint density at radius 2 is 2.21 bits per heavy atom. The molecule has 1 aliphatic heterocycles. The van der Waals surface area contributed by atoms with Gasteiger partial charge in [0.1, 0.15) is 11.8 Å². The summed E-state index contributed by atoms with van der Waals surface area (Å²) in [6.45, 7) is -2.90. The lowest BCUT2D eigenvalue weighted by molar-refractivity contribution is -0.139. The molecule has 1 aliphatic rings. The van der Waals surface area contributed by atoms with Gasteiger partial charge in [0.25, 0.3) is 0 Å². The van der Waals surface area contributed by atoms with E-state index in [0.29, 0.717) is 17.7 Å². The van der Waals surface area contributed by atoms with Gasteiger partial charge in [0, 0.05) is 5.56 Å². The van der Waals surface area contributed by atoms with Crippen molar-refractivity contribution in [2.75, 3.05) is 5.75 Å². The summed E-state index contributed by atoms with van der Waals surface area (Å²) in [6, 6.07) is 5.76. The topological polar surface area (TPSA) is 58.6 Å². The van der Waals surface area contributed by atoms with E-state index in [2.05, 4.69) is 10.1 Å². The molecular formula is C12H13F2NO3S. The minimum Gasteiger partial charge on any atom is -0.480 e. The molecular weight excluding hydrogens is 276 g/mol. The fourth-order valence-corrected chi connectivity index (χ4v) is 3.13. The first-order chi connectivity index (χ1) is 9.08. The highest BCUT2D eigenvalue weighted by Gasteiger charge is 2.29. The predicted octanol–water partition coefficient (Wildman–Crippen LogP) is 2.47. The van der Waals surface area contributed by atoms with Gasteiger partial charge in [-0.3, -0.25) is 10.1 Å². The van der Waals surface area contributed by atoms with Crippen molar-refractivity contribution in [3.8, 4) is 5.75 Å². The van der Waals surface area contributed by atoms with Gasteiger partial charge in [0.05, 0.1) is 5.37 Å². The van der Waals surface area contributed by atoms with Crippen molar-refractivity contribution in [1.29, 1.82) is 0 Å². The van der Waals surface area contributed by atoms with Crippen LogP contribution in [0.5, 0.6) is 5.75 Å². The number of benzene rings is 1. The fourth-order valence-electron chi connectivity index (χ4n) is 1.89. The third kappa shape index (κ3) is 3.57. The number of alkyl halides is 2. The number of aliphatic carboxylic acids is 1. The zero-order valence-corrected chi connectivity index (χ0v) is 10.7. The van der Waals surface area contributed by atoms with E-state index < -0.39 is 18.6 Å². The molecule has 2 unspecified atom stereocenters. The Morgan fingerprint density at radius 3 is 2.89 bits per heavy atom. The molecule has 4 nitrogen and oxygen atoms in total. The average molecular weight is 289 g/mol. The lowest BCUT2D eigenvalue weighted by atomic mass is 10.1. The number of nitrogens with one attached hydrogen (secondary N) is 1. The highest BCUT2D eigenvalue weighted by atomic mass is 32.2. The van der Waals surface area contributed by atoms with Gasteiger partial charge in [0.2, 0.25) is 0 Å². The molecule has 2 atom stereocenters. The molecule has 1 saturated heterocycles. The zero-order chi connectivity index (χ0) is 13.8. The Labute approximate surface area is 113 Å². The van der Waals surface area contributed by atoms with Crippen molar-refractivity contribution < 1.29 is 23.4 Å². The van der Waals surface area contributed by atoms with Crippen LogP contribution in [0.15, 0.2) is 24.3 Å². The van der Waals surface area contributed by atoms with Crippen LogP contribution in [0.2, 0.25) is 0 Å². The monoisotopic (exact) mass is 289 g/mol. The van der Waals surface area contributed by atoms with Gasteiger partial charge in [-0.05, 0) is 18.2 Å². The molecule has 0 aromatic heterocycles. The highest BCUT2D eigenvalue weighted by Crippen LogP contribution is 2.37. The van der Waals surface area contributed by atoms with Crippen LogP contribution >= 0.6 is 11.8 Å². The summed E-state index contributed by atoms with van der Waals surface area (Å²) in [5, 5.41) is 11.6. The number of carbonyl (C=O) groups is 1. The first-order valence-corrected chi connectivity index (χ1v) is 6.77. The second-order valence-electron chi connectivity index (χ2n) is 4.01. The van der Waals surface area contributed by atoms with Crippen molar-refractivity contribution in [2.24, 2.45) is 0 Å². The second kappa shape index (κ2) is 6.21. The molecule has 0 radical (unpaired) electrons. The van der Waals surface area contributed by atoms with Crippen molar-refractivity contribution in [2.45, 2.75) is 24.4 Å². The van der Waals surface area contributed by atoms with Crippen molar-refractivity contribution in [1.82, 2.24) is 5.32 Å². The van der Waals surface area contributed by atoms with Gasteiger partial charge in [-0.25, -0.2) is 0 Å². The molecule has 1 aromatic rings. The summed E-state index contributed by atoms with van der Waals surface area (Å²) < 4.78 is 29.1. The SMILES string of the molecule is O=C(O)C1CCSC(c2ccccc2OC(F)F)N1. The number of ether oxygens (including phenoxy) is 1. The summed E-state index contributed by atoms with van der Waals surface area (Å²) in [6.07, 6.45) is 0.508. The fraction of sp³-hybridized carbons (Fsp3) is 0.417. The number of halogens is 2. The Kier molecular flexibility index (Phi) is 4.60. The summed E-state index contributed by atoms with van der Waals surface area (Å²) in [4.78, 5) is 11.0. The van der Waals surface area contributed by atoms with Crippen LogP contribution in [-0.2, 0) is 4.79 Å². The first kappa shape index (κ1) is 14.1. The Bertz CT molecular complexity index is 458. The van der Waals surface area contributed by atoms with Gasteiger partial charge in [0.15, 0.2) is 0 Å². The third-order valence-electron chi connectivity index (χ3n) is 2.76. The van der Waals surface area contributed by atoms with Crippen LogP contribution in [-0.4, -0.2) is 29.5 Å². The van der Waals surface area contributed by atoms with Crippen LogP contribution < -0.4 is 10.1 Å². The van der Waals surface area contributed by atoms with Gasteiger partial charge in [-0.1, -0.05) is 18.2 Å². The van der Waals surface area contributed by atoms with E-state index in [4.69, 9.17) is 5.11 Å². The van der Waals surface area contributed by atoms with Crippen LogP contribution in [0.1, 0.15) is 17.4 Å². The maximum Gasteiger partial charge on any atom is 0.387 e.